The first-order valence-corrected chi connectivity index (χ1v) is 4.98. The number of rotatable bonds is 3. The van der Waals surface area contributed by atoms with Crippen molar-refractivity contribution in [2.45, 2.75) is 13.3 Å². The number of primary amides is 1. The average Bonchev–Trinajstić information content (AvgIpc) is 2.20. The molecule has 4 N–H and O–H groups in total. The highest BCUT2D eigenvalue weighted by atomic mass is 16.2. The van der Waals surface area contributed by atoms with Gasteiger partial charge in [0.1, 0.15) is 0 Å². The van der Waals surface area contributed by atoms with Crippen LogP contribution in [0.15, 0.2) is 24.3 Å². The van der Waals surface area contributed by atoms with E-state index in [9.17, 15) is 9.59 Å². The Kier molecular flexibility index (Phi) is 4.32. The van der Waals surface area contributed by atoms with Crippen LogP contribution in [0.4, 0.5) is 9.59 Å². The van der Waals surface area contributed by atoms with Crippen molar-refractivity contribution >= 4 is 12.1 Å². The smallest absolute Gasteiger partial charge is 0.322 e. The first-order chi connectivity index (χ1) is 7.58. The molecule has 0 unspecified atom stereocenters. The van der Waals surface area contributed by atoms with E-state index in [4.69, 9.17) is 5.73 Å². The van der Waals surface area contributed by atoms with Crippen LogP contribution in [0, 0.1) is 6.92 Å². The molecule has 0 radical (unpaired) electrons. The maximum Gasteiger partial charge on any atom is 0.322 e. The number of hydrogen-bond donors (Lipinski definition) is 3. The van der Waals surface area contributed by atoms with E-state index < -0.39 is 12.1 Å². The third-order valence-electron chi connectivity index (χ3n) is 2.06. The van der Waals surface area contributed by atoms with Gasteiger partial charge in [0, 0.05) is 6.54 Å². The van der Waals surface area contributed by atoms with Crippen molar-refractivity contribution in [1.29, 1.82) is 0 Å². The van der Waals surface area contributed by atoms with E-state index in [-0.39, 0.29) is 0 Å². The molecule has 1 aromatic rings. The van der Waals surface area contributed by atoms with E-state index in [1.807, 2.05) is 36.5 Å². The number of aryl methyl sites for hydroxylation is 1. The Bertz CT molecular complexity index is 373. The van der Waals surface area contributed by atoms with E-state index in [1.54, 1.807) is 0 Å². The molecule has 0 aliphatic rings. The second-order valence-corrected chi connectivity index (χ2v) is 3.48. The average molecular weight is 221 g/mol. The molecule has 0 bridgehead atoms. The summed E-state index contributed by atoms with van der Waals surface area (Å²) in [6.07, 6.45) is 0.715. The van der Waals surface area contributed by atoms with Gasteiger partial charge >= 0.3 is 12.1 Å². The second-order valence-electron chi connectivity index (χ2n) is 3.48. The number of hydrogen-bond acceptors (Lipinski definition) is 2. The van der Waals surface area contributed by atoms with Crippen molar-refractivity contribution < 1.29 is 9.59 Å². The summed E-state index contributed by atoms with van der Waals surface area (Å²) in [4.78, 5) is 21.3. The fourth-order valence-corrected chi connectivity index (χ4v) is 1.23. The lowest BCUT2D eigenvalue weighted by molar-refractivity contribution is 0.231. The summed E-state index contributed by atoms with van der Waals surface area (Å²) in [5, 5.41) is 4.45. The van der Waals surface area contributed by atoms with Gasteiger partial charge in [-0.05, 0) is 18.9 Å². The van der Waals surface area contributed by atoms with Gasteiger partial charge in [-0.15, -0.1) is 0 Å². The monoisotopic (exact) mass is 221 g/mol. The summed E-state index contributed by atoms with van der Waals surface area (Å²) in [6, 6.07) is 6.61. The van der Waals surface area contributed by atoms with Crippen LogP contribution >= 0.6 is 0 Å². The molecular formula is C11H15N3O2. The third kappa shape index (κ3) is 4.45. The standard InChI is InChI=1S/C11H15N3O2/c1-8-2-4-9(5-3-8)6-7-13-11(16)14-10(12)15/h2-5H,6-7H2,1H3,(H4,12,13,14,15,16). The normalized spacial score (nSPS) is 9.56. The van der Waals surface area contributed by atoms with E-state index in [2.05, 4.69) is 5.32 Å². The third-order valence-corrected chi connectivity index (χ3v) is 2.06. The van der Waals surface area contributed by atoms with Gasteiger partial charge in [0.05, 0.1) is 0 Å². The molecule has 0 aliphatic carbocycles. The second kappa shape index (κ2) is 5.75. The van der Waals surface area contributed by atoms with Crippen LogP contribution in [0.2, 0.25) is 0 Å². The van der Waals surface area contributed by atoms with Crippen molar-refractivity contribution in [3.63, 3.8) is 0 Å². The van der Waals surface area contributed by atoms with Crippen molar-refractivity contribution in [1.82, 2.24) is 10.6 Å². The Labute approximate surface area is 94.0 Å². The molecule has 0 aliphatic heterocycles. The summed E-state index contributed by atoms with van der Waals surface area (Å²) in [5.74, 6) is 0. The van der Waals surface area contributed by atoms with Crippen LogP contribution in [-0.4, -0.2) is 18.6 Å². The zero-order chi connectivity index (χ0) is 12.0. The topological polar surface area (TPSA) is 84.2 Å². The van der Waals surface area contributed by atoms with Crippen LogP contribution < -0.4 is 16.4 Å². The summed E-state index contributed by atoms with van der Waals surface area (Å²) in [6.45, 7) is 2.48. The Hall–Kier alpha value is -2.04. The molecule has 0 aromatic heterocycles. The number of carbonyl (C=O) groups excluding carboxylic acids is 2. The van der Waals surface area contributed by atoms with Gasteiger partial charge in [0.2, 0.25) is 0 Å². The molecule has 0 heterocycles. The minimum absolute atomic E-state index is 0.460. The highest BCUT2D eigenvalue weighted by Gasteiger charge is 2.01. The van der Waals surface area contributed by atoms with Crippen molar-refractivity contribution in [3.05, 3.63) is 35.4 Å². The number of urea groups is 2. The van der Waals surface area contributed by atoms with Crippen LogP contribution in [0.25, 0.3) is 0 Å². The predicted molar refractivity (Wildman–Crippen MR) is 61.0 cm³/mol. The van der Waals surface area contributed by atoms with Gasteiger partial charge in [-0.1, -0.05) is 29.8 Å². The molecule has 0 saturated heterocycles. The molecule has 4 amide bonds. The zero-order valence-corrected chi connectivity index (χ0v) is 9.12. The number of imide groups is 1. The quantitative estimate of drug-likeness (QED) is 0.709. The summed E-state index contributed by atoms with van der Waals surface area (Å²) >= 11 is 0. The van der Waals surface area contributed by atoms with E-state index >= 15 is 0 Å². The minimum atomic E-state index is -0.854. The zero-order valence-electron chi connectivity index (χ0n) is 9.12. The molecule has 5 nitrogen and oxygen atoms in total. The number of amides is 4. The first-order valence-electron chi connectivity index (χ1n) is 4.98. The van der Waals surface area contributed by atoms with Crippen molar-refractivity contribution in [3.8, 4) is 0 Å². The Morgan fingerprint density at radius 3 is 2.44 bits per heavy atom. The SMILES string of the molecule is Cc1ccc(CCNC(=O)NC(N)=O)cc1. The van der Waals surface area contributed by atoms with Crippen LogP contribution in [-0.2, 0) is 6.42 Å². The van der Waals surface area contributed by atoms with E-state index in [0.717, 1.165) is 5.56 Å². The van der Waals surface area contributed by atoms with Gasteiger partial charge in [-0.3, -0.25) is 5.32 Å². The number of nitrogens with two attached hydrogens (primary N) is 1. The molecule has 0 saturated carbocycles. The van der Waals surface area contributed by atoms with Crippen molar-refractivity contribution in [2.75, 3.05) is 6.54 Å². The number of benzene rings is 1. The molecule has 0 spiro atoms. The Morgan fingerprint density at radius 1 is 1.25 bits per heavy atom. The molecule has 0 fully saturated rings. The van der Waals surface area contributed by atoms with Gasteiger partial charge in [-0.25, -0.2) is 9.59 Å². The fourth-order valence-electron chi connectivity index (χ4n) is 1.23. The predicted octanol–water partition coefficient (Wildman–Crippen LogP) is 0.915. The lowest BCUT2D eigenvalue weighted by Gasteiger charge is -2.05. The minimum Gasteiger partial charge on any atom is -0.351 e. The molecule has 1 rings (SSSR count). The van der Waals surface area contributed by atoms with Gasteiger partial charge in [-0.2, -0.15) is 0 Å². The summed E-state index contributed by atoms with van der Waals surface area (Å²) < 4.78 is 0. The van der Waals surface area contributed by atoms with E-state index in [1.165, 1.54) is 5.56 Å². The highest BCUT2D eigenvalue weighted by Crippen LogP contribution is 2.02. The molecule has 5 heteroatoms. The largest absolute Gasteiger partial charge is 0.351 e. The number of nitrogens with one attached hydrogen (secondary N) is 2. The first kappa shape index (κ1) is 12.0. The Balaban J connectivity index is 2.28. The molecule has 0 atom stereocenters. The molecule has 86 valence electrons. The molecule has 1 aromatic carbocycles. The van der Waals surface area contributed by atoms with Crippen LogP contribution in [0.3, 0.4) is 0 Å². The van der Waals surface area contributed by atoms with Gasteiger partial charge in [0.25, 0.3) is 0 Å². The lowest BCUT2D eigenvalue weighted by Crippen LogP contribution is -2.42. The van der Waals surface area contributed by atoms with Crippen molar-refractivity contribution in [2.24, 2.45) is 5.73 Å². The maximum absolute atomic E-state index is 11.0. The van der Waals surface area contributed by atoms with Crippen LogP contribution in [0.1, 0.15) is 11.1 Å². The van der Waals surface area contributed by atoms with Crippen LogP contribution in [0.5, 0.6) is 0 Å². The summed E-state index contributed by atoms with van der Waals surface area (Å²) in [7, 11) is 0. The van der Waals surface area contributed by atoms with Gasteiger partial charge in [0.15, 0.2) is 0 Å². The molecular weight excluding hydrogens is 206 g/mol. The van der Waals surface area contributed by atoms with Gasteiger partial charge < -0.3 is 11.1 Å². The molecule has 16 heavy (non-hydrogen) atoms. The fraction of sp³-hybridized carbons (Fsp3) is 0.273. The lowest BCUT2D eigenvalue weighted by atomic mass is 10.1. The maximum atomic E-state index is 11.0. The summed E-state index contributed by atoms with van der Waals surface area (Å²) in [5.41, 5.74) is 7.11. The number of carbonyl (C=O) groups is 2. The van der Waals surface area contributed by atoms with E-state index in [0.29, 0.717) is 13.0 Å². The highest BCUT2D eigenvalue weighted by molar-refractivity contribution is 5.92. The Morgan fingerprint density at radius 2 is 1.88 bits per heavy atom.